The summed E-state index contributed by atoms with van der Waals surface area (Å²) in [5.74, 6) is 0.309. The van der Waals surface area contributed by atoms with Crippen molar-refractivity contribution in [1.82, 2.24) is 0 Å². The van der Waals surface area contributed by atoms with E-state index in [9.17, 15) is 0 Å². The standard InChI is InChI=1S/C2H3Cl3.CH4O/c3-1-2(4)5;1-2/h2H,1H2;2H,1H3. The minimum atomic E-state index is -0.406. The fourth-order valence-corrected chi connectivity index (χ4v) is 0. The molecule has 0 aromatic rings. The van der Waals surface area contributed by atoms with Crippen molar-refractivity contribution >= 4 is 34.8 Å². The van der Waals surface area contributed by atoms with Gasteiger partial charge in [-0.1, -0.05) is 0 Å². The Morgan fingerprint density at radius 1 is 1.43 bits per heavy atom. The molecule has 0 aliphatic heterocycles. The van der Waals surface area contributed by atoms with Crippen molar-refractivity contribution in [1.29, 1.82) is 0 Å². The first-order chi connectivity index (χ1) is 3.27. The lowest BCUT2D eigenvalue weighted by Crippen LogP contribution is -1.82. The topological polar surface area (TPSA) is 20.2 Å². The number of alkyl halides is 3. The van der Waals surface area contributed by atoms with Crippen molar-refractivity contribution in [2.45, 2.75) is 4.84 Å². The smallest absolute Gasteiger partial charge is 0.121 e. The molecule has 0 radical (unpaired) electrons. The first kappa shape index (κ1) is 10.7. The van der Waals surface area contributed by atoms with Gasteiger partial charge in [0.2, 0.25) is 0 Å². The minimum absolute atomic E-state index is 0.309. The molecule has 0 unspecified atom stereocenters. The molecule has 0 amide bonds. The summed E-state index contributed by atoms with van der Waals surface area (Å²) >= 11 is 15.3. The van der Waals surface area contributed by atoms with Gasteiger partial charge in [-0.25, -0.2) is 0 Å². The fourth-order valence-electron chi connectivity index (χ4n) is 0. The Kier molecular flexibility index (Phi) is 15.3. The second kappa shape index (κ2) is 9.95. The predicted molar refractivity (Wildman–Crippen MR) is 34.4 cm³/mol. The van der Waals surface area contributed by atoms with E-state index >= 15 is 0 Å². The van der Waals surface area contributed by atoms with Crippen LogP contribution < -0.4 is 0 Å². The highest BCUT2D eigenvalue weighted by atomic mass is 35.5. The van der Waals surface area contributed by atoms with Crippen LogP contribution in [0.2, 0.25) is 0 Å². The third-order valence-corrected chi connectivity index (χ3v) is 1.05. The second-order valence-corrected chi connectivity index (χ2v) is 2.13. The van der Waals surface area contributed by atoms with Crippen LogP contribution in [0.3, 0.4) is 0 Å². The van der Waals surface area contributed by atoms with Crippen LogP contribution in [0.1, 0.15) is 0 Å². The Morgan fingerprint density at radius 2 is 1.57 bits per heavy atom. The van der Waals surface area contributed by atoms with Crippen LogP contribution >= 0.6 is 34.8 Å². The molecule has 0 bridgehead atoms. The molecule has 0 aromatic heterocycles. The van der Waals surface area contributed by atoms with Gasteiger partial charge in [0.15, 0.2) is 0 Å². The van der Waals surface area contributed by atoms with Gasteiger partial charge >= 0.3 is 0 Å². The molecular weight excluding hydrogens is 158 g/mol. The molecule has 0 spiro atoms. The molecule has 46 valence electrons. The van der Waals surface area contributed by atoms with Crippen LogP contribution in [0.25, 0.3) is 0 Å². The van der Waals surface area contributed by atoms with Gasteiger partial charge in [-0.2, -0.15) is 0 Å². The summed E-state index contributed by atoms with van der Waals surface area (Å²) in [5.41, 5.74) is 0. The van der Waals surface area contributed by atoms with E-state index in [0.29, 0.717) is 5.88 Å². The summed E-state index contributed by atoms with van der Waals surface area (Å²) in [6.45, 7) is 0. The van der Waals surface area contributed by atoms with Crippen LogP contribution in [-0.4, -0.2) is 22.9 Å². The average molecular weight is 165 g/mol. The maximum absolute atomic E-state index is 7.00. The highest BCUT2D eigenvalue weighted by molar-refractivity contribution is 6.47. The third-order valence-electron chi connectivity index (χ3n) is 0.117. The molecule has 0 saturated carbocycles. The molecule has 1 N–H and O–H groups in total. The monoisotopic (exact) mass is 164 g/mol. The lowest BCUT2D eigenvalue weighted by molar-refractivity contribution is 0.399. The largest absolute Gasteiger partial charge is 0.400 e. The van der Waals surface area contributed by atoms with Gasteiger partial charge in [-0.15, -0.1) is 34.8 Å². The fraction of sp³-hybridized carbons (Fsp3) is 1.00. The summed E-state index contributed by atoms with van der Waals surface area (Å²) in [6, 6.07) is 0. The molecule has 0 heterocycles. The van der Waals surface area contributed by atoms with E-state index in [1.807, 2.05) is 0 Å². The molecule has 0 fully saturated rings. The van der Waals surface area contributed by atoms with Gasteiger partial charge in [0.25, 0.3) is 0 Å². The van der Waals surface area contributed by atoms with Crippen LogP contribution in [0, 0.1) is 0 Å². The molecule has 0 aromatic carbocycles. The highest BCUT2D eigenvalue weighted by Crippen LogP contribution is 2.01. The van der Waals surface area contributed by atoms with Gasteiger partial charge in [0, 0.05) is 7.11 Å². The van der Waals surface area contributed by atoms with Crippen molar-refractivity contribution in [3.8, 4) is 0 Å². The number of aliphatic hydroxyl groups is 1. The zero-order chi connectivity index (χ0) is 6.28. The van der Waals surface area contributed by atoms with E-state index in [-0.39, 0.29) is 0 Å². The summed E-state index contributed by atoms with van der Waals surface area (Å²) in [7, 11) is 1.00. The maximum atomic E-state index is 7.00. The zero-order valence-electron chi connectivity index (χ0n) is 3.87. The normalized spacial score (nSPS) is 7.71. The lowest BCUT2D eigenvalue weighted by atomic mass is 10.9. The van der Waals surface area contributed by atoms with Gasteiger partial charge in [0.1, 0.15) is 4.84 Å². The molecule has 0 aliphatic carbocycles. The van der Waals surface area contributed by atoms with Crippen molar-refractivity contribution in [3.05, 3.63) is 0 Å². The van der Waals surface area contributed by atoms with Crippen LogP contribution in [0.4, 0.5) is 0 Å². The van der Waals surface area contributed by atoms with Crippen LogP contribution in [-0.2, 0) is 0 Å². The Hall–Kier alpha value is 0.830. The van der Waals surface area contributed by atoms with Crippen LogP contribution in [0.5, 0.6) is 0 Å². The molecular formula is C3H7Cl3O. The van der Waals surface area contributed by atoms with E-state index in [2.05, 4.69) is 0 Å². The number of aliphatic hydroxyl groups excluding tert-OH is 1. The average Bonchev–Trinajstić information content (AvgIpc) is 1.73. The van der Waals surface area contributed by atoms with Crippen molar-refractivity contribution in [2.24, 2.45) is 0 Å². The summed E-state index contributed by atoms with van der Waals surface area (Å²) < 4.78 is 0. The zero-order valence-corrected chi connectivity index (χ0v) is 6.13. The van der Waals surface area contributed by atoms with E-state index in [1.165, 1.54) is 0 Å². The summed E-state index contributed by atoms with van der Waals surface area (Å²) in [5, 5.41) is 7.00. The van der Waals surface area contributed by atoms with E-state index in [0.717, 1.165) is 7.11 Å². The van der Waals surface area contributed by atoms with Crippen molar-refractivity contribution in [2.75, 3.05) is 13.0 Å². The molecule has 0 saturated heterocycles. The maximum Gasteiger partial charge on any atom is 0.121 e. The number of hydrogen-bond donors (Lipinski definition) is 1. The summed E-state index contributed by atoms with van der Waals surface area (Å²) in [6.07, 6.45) is 0. The van der Waals surface area contributed by atoms with Gasteiger partial charge in [-0.3, -0.25) is 0 Å². The van der Waals surface area contributed by atoms with Crippen molar-refractivity contribution in [3.63, 3.8) is 0 Å². The quantitative estimate of drug-likeness (QED) is 0.586. The Balaban J connectivity index is 0. The molecule has 0 atom stereocenters. The Bertz CT molecular complexity index is 24.1. The number of halogens is 3. The van der Waals surface area contributed by atoms with E-state index < -0.39 is 4.84 Å². The number of rotatable bonds is 1. The highest BCUT2D eigenvalue weighted by Gasteiger charge is 1.88. The minimum Gasteiger partial charge on any atom is -0.400 e. The molecule has 7 heavy (non-hydrogen) atoms. The lowest BCUT2D eigenvalue weighted by Gasteiger charge is -1.82. The summed E-state index contributed by atoms with van der Waals surface area (Å²) in [4.78, 5) is -0.406. The first-order valence-corrected chi connectivity index (χ1v) is 2.97. The van der Waals surface area contributed by atoms with Gasteiger partial charge < -0.3 is 5.11 Å². The molecule has 0 rings (SSSR count). The van der Waals surface area contributed by atoms with Crippen molar-refractivity contribution < 1.29 is 5.11 Å². The van der Waals surface area contributed by atoms with Crippen LogP contribution in [0.15, 0.2) is 0 Å². The van der Waals surface area contributed by atoms with Gasteiger partial charge in [-0.05, 0) is 0 Å². The van der Waals surface area contributed by atoms with E-state index in [1.54, 1.807) is 0 Å². The van der Waals surface area contributed by atoms with Gasteiger partial charge in [0.05, 0.1) is 5.88 Å². The van der Waals surface area contributed by atoms with E-state index in [4.69, 9.17) is 39.9 Å². The Labute approximate surface area is 58.2 Å². The Morgan fingerprint density at radius 3 is 1.57 bits per heavy atom. The first-order valence-electron chi connectivity index (χ1n) is 1.56. The molecule has 1 nitrogen and oxygen atoms in total. The SMILES string of the molecule is CO.ClCC(Cl)Cl. The third kappa shape index (κ3) is 19.9. The molecule has 4 heteroatoms. The number of hydrogen-bond acceptors (Lipinski definition) is 1. The predicted octanol–water partition coefficient (Wildman–Crippen LogP) is 1.64. The molecule has 0 aliphatic rings. The second-order valence-electron chi connectivity index (χ2n) is 0.545.